The van der Waals surface area contributed by atoms with Gasteiger partial charge in [-0.05, 0) is 198 Å². The van der Waals surface area contributed by atoms with Crippen molar-refractivity contribution in [3.05, 3.63) is 368 Å². The minimum Gasteiger partial charge on any atom is -0.537 e. The maximum atomic E-state index is 9.43. The van der Waals surface area contributed by atoms with E-state index in [2.05, 4.69) is 301 Å². The molecule has 0 spiro atoms. The van der Waals surface area contributed by atoms with E-state index in [1.54, 1.807) is 0 Å². The van der Waals surface area contributed by atoms with Gasteiger partial charge in [0, 0.05) is 36.8 Å². The molecule has 0 saturated heterocycles. The van der Waals surface area contributed by atoms with Gasteiger partial charge in [-0.2, -0.15) is 0 Å². The molecule has 20 rings (SSSR count). The highest BCUT2D eigenvalue weighted by atomic mass is 79.9. The highest BCUT2D eigenvalue weighted by molar-refractivity contribution is 9.10. The molecule has 102 heavy (non-hydrogen) atoms. The summed E-state index contributed by atoms with van der Waals surface area (Å²) in [6.45, 7) is 0. The Morgan fingerprint density at radius 3 is 0.941 bits per heavy atom. The number of halogens is 1. The van der Waals surface area contributed by atoms with Crippen LogP contribution in [0.5, 0.6) is 5.75 Å². The molecule has 2 aromatic heterocycles. The van der Waals surface area contributed by atoms with E-state index >= 15 is 0 Å². The Morgan fingerprint density at radius 1 is 0.225 bits per heavy atom. The molecule has 20 aromatic rings. The molecule has 6 heteroatoms. The van der Waals surface area contributed by atoms with E-state index < -0.39 is 0 Å². The van der Waals surface area contributed by atoms with Crippen molar-refractivity contribution in [3.8, 4) is 83.6 Å². The van der Waals surface area contributed by atoms with Crippen LogP contribution >= 0.6 is 15.9 Å². The predicted molar refractivity (Wildman–Crippen MR) is 433 cm³/mol. The third kappa shape index (κ3) is 11.3. The lowest BCUT2D eigenvalue weighted by Crippen LogP contribution is -2.02. The quantitative estimate of drug-likeness (QED) is 0.116. The summed E-state index contributed by atoms with van der Waals surface area (Å²) < 4.78 is 18.7. The van der Waals surface area contributed by atoms with Crippen molar-refractivity contribution in [1.82, 2.24) is 0 Å². The Hall–Kier alpha value is -12.6. The monoisotopic (exact) mass is 1370 g/mol. The minimum absolute atomic E-state index is 0.664. The summed E-state index contributed by atoms with van der Waals surface area (Å²) in [5.41, 5.74) is 20.6. The molecule has 0 atom stereocenters. The molecule has 0 fully saturated rings. The van der Waals surface area contributed by atoms with Crippen molar-refractivity contribution >= 4 is 132 Å². The largest absolute Gasteiger partial charge is 0.569 e. The zero-order valence-electron chi connectivity index (χ0n) is 55.3. The van der Waals surface area contributed by atoms with Gasteiger partial charge in [0.1, 0.15) is 28.1 Å². The Kier molecular flexibility index (Phi) is 16.1. The average molecular weight is 1370 g/mol. The van der Waals surface area contributed by atoms with Gasteiger partial charge in [0.25, 0.3) is 0 Å². The van der Waals surface area contributed by atoms with Gasteiger partial charge >= 0.3 is 7.69 Å². The summed E-state index contributed by atoms with van der Waals surface area (Å²) in [6.07, 6.45) is 0. The molecule has 2 heterocycles. The number of furan rings is 2. The highest BCUT2D eigenvalue weighted by Crippen LogP contribution is 2.48. The molecule has 479 valence electrons. The lowest BCUT2D eigenvalue weighted by atomic mass is 9.85. The molecule has 0 aliphatic rings. The molecule has 0 bridgehead atoms. The molecule has 4 nitrogen and oxygen atoms in total. The molecule has 0 aliphatic carbocycles. The first-order valence-electron chi connectivity index (χ1n) is 34.3. The fraction of sp³-hybridized carbons (Fsp3) is 0. The van der Waals surface area contributed by atoms with Crippen molar-refractivity contribution in [2.75, 3.05) is 0 Å². The Morgan fingerprint density at radius 2 is 0.520 bits per heavy atom. The number of para-hydroxylation sites is 2. The number of hydrogen-bond acceptors (Lipinski definition) is 4. The molecule has 1 radical (unpaired) electrons. The highest BCUT2D eigenvalue weighted by Gasteiger charge is 2.21. The van der Waals surface area contributed by atoms with Gasteiger partial charge in [-0.3, -0.25) is 0 Å². The lowest BCUT2D eigenvalue weighted by molar-refractivity contribution is 0.459. The molecular formula is C96H61BBrO4. The molecule has 0 unspecified atom stereocenters. The van der Waals surface area contributed by atoms with Gasteiger partial charge in [-0.1, -0.05) is 313 Å². The van der Waals surface area contributed by atoms with Gasteiger partial charge < -0.3 is 18.5 Å². The molecule has 0 saturated carbocycles. The van der Waals surface area contributed by atoms with Gasteiger partial charge in [-0.15, -0.1) is 0 Å². The average Bonchev–Trinajstić information content (AvgIpc) is 0.993. The van der Waals surface area contributed by atoms with E-state index in [1.807, 2.05) is 78.9 Å². The maximum Gasteiger partial charge on any atom is 0.569 e. The summed E-state index contributed by atoms with van der Waals surface area (Å²) in [4.78, 5) is 0. The van der Waals surface area contributed by atoms with Gasteiger partial charge in [0.05, 0.1) is 0 Å². The number of benzene rings is 18. The summed E-state index contributed by atoms with van der Waals surface area (Å²) in [6, 6.07) is 129. The van der Waals surface area contributed by atoms with Crippen molar-refractivity contribution in [1.29, 1.82) is 0 Å². The Bertz CT molecular complexity index is 6520. The summed E-state index contributed by atoms with van der Waals surface area (Å²) in [5.74, 6) is 0.664. The van der Waals surface area contributed by atoms with Crippen LogP contribution in [0.2, 0.25) is 0 Å². The lowest BCUT2D eigenvalue weighted by Gasteiger charge is -2.19. The zero-order valence-corrected chi connectivity index (χ0v) is 56.9. The van der Waals surface area contributed by atoms with E-state index in [0.29, 0.717) is 5.75 Å². The second-order valence-corrected chi connectivity index (χ2v) is 26.7. The van der Waals surface area contributed by atoms with Crippen LogP contribution in [0.4, 0.5) is 0 Å². The van der Waals surface area contributed by atoms with Crippen LogP contribution in [0.15, 0.2) is 377 Å². The van der Waals surface area contributed by atoms with Crippen LogP contribution in [0.25, 0.3) is 186 Å². The van der Waals surface area contributed by atoms with Crippen LogP contribution in [0, 0.1) is 0 Å². The molecular weight excluding hydrogens is 1310 g/mol. The van der Waals surface area contributed by atoms with E-state index in [4.69, 9.17) is 13.5 Å². The van der Waals surface area contributed by atoms with E-state index in [9.17, 15) is 5.02 Å². The molecule has 0 amide bonds. The Labute approximate surface area is 598 Å². The molecule has 0 aliphatic heterocycles. The summed E-state index contributed by atoms with van der Waals surface area (Å²) in [7, 11) is 0.759. The van der Waals surface area contributed by atoms with Crippen molar-refractivity contribution in [3.63, 3.8) is 0 Å². The van der Waals surface area contributed by atoms with Crippen molar-refractivity contribution in [2.45, 2.75) is 0 Å². The molecule has 1 N–H and O–H groups in total. The SMILES string of the molecule is Brc1cccc(-c2ccc3oc4ccccc4c3c2)c1.O[B]Oc1c2ccccc2c(-c2cccc(-c3cccc4ccccc34)c2)c2ccccc12.c1cc(-c2ccc3oc4ccccc4c3c2)cc(-c2c3ccccc3c(-c3cccc(-c4cccc5ccccc45)c3)c3ccccc23)c1. The molecule has 18 aromatic carbocycles. The normalized spacial score (nSPS) is 11.4. The topological polar surface area (TPSA) is 55.7 Å². The first-order chi connectivity index (χ1) is 50.5. The third-order valence-electron chi connectivity index (χ3n) is 19.9. The van der Waals surface area contributed by atoms with E-state index in [-0.39, 0.29) is 0 Å². The van der Waals surface area contributed by atoms with E-state index in [1.165, 1.54) is 115 Å². The second kappa shape index (κ2) is 26.6. The van der Waals surface area contributed by atoms with Crippen LogP contribution in [-0.2, 0) is 0 Å². The van der Waals surface area contributed by atoms with Crippen LogP contribution in [-0.4, -0.2) is 12.7 Å². The fourth-order valence-electron chi connectivity index (χ4n) is 15.3. The zero-order chi connectivity index (χ0) is 68.0. The summed E-state index contributed by atoms with van der Waals surface area (Å²) in [5, 5.41) is 28.2. The van der Waals surface area contributed by atoms with E-state index in [0.717, 1.165) is 83.3 Å². The van der Waals surface area contributed by atoms with Gasteiger partial charge in [0.2, 0.25) is 0 Å². The number of hydrogen-bond donors (Lipinski definition) is 1. The Balaban J connectivity index is 0.000000121. The first-order valence-corrected chi connectivity index (χ1v) is 35.1. The predicted octanol–water partition coefficient (Wildman–Crippen LogP) is 27.1. The van der Waals surface area contributed by atoms with Crippen LogP contribution in [0.1, 0.15) is 0 Å². The van der Waals surface area contributed by atoms with Crippen molar-refractivity contribution in [2.24, 2.45) is 0 Å². The van der Waals surface area contributed by atoms with Crippen LogP contribution < -0.4 is 4.65 Å². The van der Waals surface area contributed by atoms with Crippen LogP contribution in [0.3, 0.4) is 0 Å². The number of fused-ring (bicyclic) bond motifs is 12. The number of rotatable bonds is 9. The third-order valence-corrected chi connectivity index (χ3v) is 20.4. The smallest absolute Gasteiger partial charge is 0.537 e. The standard InChI is InChI=1S/C48H30O.C30H20BO2.C18H11BrO/c1-2-18-37-31(12-1)13-11-24-38(37)34-15-10-17-36(29-34)48-42-22-5-3-20-40(42)47(41-21-4-6-23-43(41)48)35-16-9-14-32(28-35)33-26-27-46-44(30-33)39-19-7-8-25-45(39)49-46;32-31-33-30-27-16-5-3-14-25(27)29(26-15-4-6-17-28(26)30)22-12-7-11-21(19-22)24-18-8-10-20-9-1-2-13-23(20)24;19-14-5-3-4-12(10-14)13-8-9-18-16(11-13)15-6-1-2-7-17(15)20-18/h1-30H;1-19,32H;1-11H. The first kappa shape index (κ1) is 61.7. The van der Waals surface area contributed by atoms with Crippen molar-refractivity contribution < 1.29 is 18.5 Å². The van der Waals surface area contributed by atoms with Gasteiger partial charge in [-0.25, -0.2) is 0 Å². The fourth-order valence-corrected chi connectivity index (χ4v) is 15.7. The minimum atomic E-state index is 0.664. The van der Waals surface area contributed by atoms with Gasteiger partial charge in [0.15, 0.2) is 0 Å². The summed E-state index contributed by atoms with van der Waals surface area (Å²) >= 11 is 3.52. The maximum absolute atomic E-state index is 9.43. The second-order valence-electron chi connectivity index (χ2n) is 25.8.